The van der Waals surface area contributed by atoms with Gasteiger partial charge in [-0.3, -0.25) is 0 Å². The van der Waals surface area contributed by atoms with Gasteiger partial charge in [-0.2, -0.15) is 5.53 Å². The molecule has 1 rings (SSSR count). The molecule has 1 fully saturated rings. The highest BCUT2D eigenvalue weighted by atomic mass is 15.8. The molecule has 0 amide bonds. The largest absolute Gasteiger partial charge is 0.304 e. The van der Waals surface area contributed by atoms with E-state index in [2.05, 4.69) is 72.1 Å². The predicted octanol–water partition coefficient (Wildman–Crippen LogP) is 8.53. The van der Waals surface area contributed by atoms with Crippen molar-refractivity contribution in [2.75, 3.05) is 65.4 Å². The van der Waals surface area contributed by atoms with Gasteiger partial charge < -0.3 is 9.80 Å². The highest BCUT2D eigenvalue weighted by Crippen LogP contribution is 2.17. The van der Waals surface area contributed by atoms with E-state index < -0.39 is 0 Å². The first-order valence-corrected chi connectivity index (χ1v) is 18.0. The van der Waals surface area contributed by atoms with Gasteiger partial charge in [0.05, 0.1) is 0 Å². The van der Waals surface area contributed by atoms with Crippen LogP contribution in [0.1, 0.15) is 144 Å². The van der Waals surface area contributed by atoms with E-state index in [1.807, 2.05) is 0 Å². The number of unbranched alkanes of at least 4 members (excludes halogenated alkanes) is 12. The van der Waals surface area contributed by atoms with Crippen molar-refractivity contribution in [1.29, 1.82) is 0 Å². The third-order valence-electron chi connectivity index (χ3n) is 8.96. The third-order valence-corrected chi connectivity index (χ3v) is 8.96. The number of hydrogen-bond donors (Lipinski definition) is 1. The summed E-state index contributed by atoms with van der Waals surface area (Å²) in [6.45, 7) is 23.4. The molecule has 1 heterocycles. The van der Waals surface area contributed by atoms with Gasteiger partial charge in [0.2, 0.25) is 0 Å². The Morgan fingerprint density at radius 2 is 1.00 bits per heavy atom. The summed E-state index contributed by atoms with van der Waals surface area (Å²) < 4.78 is 0. The van der Waals surface area contributed by atoms with E-state index >= 15 is 0 Å². The maximum atomic E-state index is 3.80. The number of hydrazine groups is 2. The molecule has 0 aromatic heterocycles. The molecule has 1 aliphatic heterocycles. The zero-order valence-corrected chi connectivity index (χ0v) is 28.1. The summed E-state index contributed by atoms with van der Waals surface area (Å²) in [6.07, 6.45) is 28.1. The van der Waals surface area contributed by atoms with E-state index in [1.165, 1.54) is 168 Å². The van der Waals surface area contributed by atoms with Gasteiger partial charge in [-0.25, -0.2) is 10.0 Å². The van der Waals surface area contributed by atoms with E-state index in [9.17, 15) is 0 Å². The van der Waals surface area contributed by atoms with Crippen molar-refractivity contribution in [1.82, 2.24) is 25.4 Å². The van der Waals surface area contributed by atoms with E-state index in [1.54, 1.807) is 0 Å². The molecule has 5 nitrogen and oxygen atoms in total. The Balaban J connectivity index is 2.21. The van der Waals surface area contributed by atoms with Crippen LogP contribution in [-0.2, 0) is 0 Å². The predicted molar refractivity (Wildman–Crippen MR) is 179 cm³/mol. The lowest BCUT2D eigenvalue weighted by molar-refractivity contribution is -0.0479. The van der Waals surface area contributed by atoms with Crippen LogP contribution < -0.4 is 5.53 Å². The number of allylic oxidation sites excluding steroid dienone is 2. The Hall–Kier alpha value is -0.460. The number of nitrogens with zero attached hydrogens (tertiary/aromatic N) is 4. The summed E-state index contributed by atoms with van der Waals surface area (Å²) in [7, 11) is 0. The molecule has 238 valence electrons. The van der Waals surface area contributed by atoms with Gasteiger partial charge in [0, 0.05) is 26.2 Å². The van der Waals surface area contributed by atoms with Gasteiger partial charge in [-0.15, -0.1) is 0 Å². The lowest BCUT2D eigenvalue weighted by atomic mass is 10.0. The summed E-state index contributed by atoms with van der Waals surface area (Å²) in [5, 5.41) is 5.09. The zero-order chi connectivity index (χ0) is 29.1. The van der Waals surface area contributed by atoms with Crippen molar-refractivity contribution in [2.24, 2.45) is 5.92 Å². The number of nitrogens with one attached hydrogen (secondary N) is 1. The Morgan fingerprint density at radius 1 is 0.550 bits per heavy atom. The van der Waals surface area contributed by atoms with Crippen molar-refractivity contribution in [3.63, 3.8) is 0 Å². The van der Waals surface area contributed by atoms with Gasteiger partial charge in [-0.05, 0) is 96.6 Å². The highest BCUT2D eigenvalue weighted by Gasteiger charge is 2.24. The minimum atomic E-state index is 0.791. The van der Waals surface area contributed by atoms with Crippen molar-refractivity contribution in [3.05, 3.63) is 12.2 Å². The van der Waals surface area contributed by atoms with Crippen molar-refractivity contribution in [3.8, 4) is 0 Å². The lowest BCUT2D eigenvalue weighted by Crippen LogP contribution is -2.59. The maximum Gasteiger partial charge on any atom is 0.0185 e. The van der Waals surface area contributed by atoms with Crippen molar-refractivity contribution in [2.45, 2.75) is 144 Å². The van der Waals surface area contributed by atoms with Crippen LogP contribution in [0.4, 0.5) is 0 Å². The number of hydrogen-bond acceptors (Lipinski definition) is 5. The first-order valence-electron chi connectivity index (χ1n) is 18.0. The van der Waals surface area contributed by atoms with E-state index in [-0.39, 0.29) is 0 Å². The van der Waals surface area contributed by atoms with Crippen LogP contribution in [0.15, 0.2) is 12.2 Å². The average Bonchev–Trinajstić information content (AvgIpc) is 2.97. The van der Waals surface area contributed by atoms with Gasteiger partial charge in [0.25, 0.3) is 0 Å². The molecule has 1 aliphatic rings. The molecule has 1 N–H and O–H groups in total. The van der Waals surface area contributed by atoms with Gasteiger partial charge in [-0.1, -0.05) is 105 Å². The van der Waals surface area contributed by atoms with Crippen LogP contribution in [0.2, 0.25) is 0 Å². The molecule has 0 saturated carbocycles. The Bertz CT molecular complexity index is 520. The van der Waals surface area contributed by atoms with E-state index in [0.717, 1.165) is 12.5 Å². The fraction of sp³-hybridized carbons (Fsp3) is 0.943. The maximum absolute atomic E-state index is 3.80. The monoisotopic (exact) mass is 564 g/mol. The Morgan fingerprint density at radius 3 is 1.52 bits per heavy atom. The van der Waals surface area contributed by atoms with Gasteiger partial charge in [0.1, 0.15) is 0 Å². The van der Waals surface area contributed by atoms with Gasteiger partial charge >= 0.3 is 0 Å². The molecule has 0 aliphatic carbocycles. The summed E-state index contributed by atoms with van der Waals surface area (Å²) >= 11 is 0. The molecule has 0 aromatic rings. The summed E-state index contributed by atoms with van der Waals surface area (Å²) in [5.74, 6) is 0.791. The van der Waals surface area contributed by atoms with Gasteiger partial charge in [0.15, 0.2) is 0 Å². The minimum absolute atomic E-state index is 0.791. The smallest absolute Gasteiger partial charge is 0.0185 e. The molecular formula is C35H73N5. The van der Waals surface area contributed by atoms with Crippen LogP contribution in [0.5, 0.6) is 0 Å². The summed E-state index contributed by atoms with van der Waals surface area (Å²) in [5.41, 5.74) is 3.80. The van der Waals surface area contributed by atoms with Crippen LogP contribution in [-0.4, -0.2) is 85.3 Å². The van der Waals surface area contributed by atoms with Crippen molar-refractivity contribution < 1.29 is 0 Å². The third kappa shape index (κ3) is 20.4. The molecule has 5 heteroatoms. The molecule has 0 aromatic carbocycles. The first kappa shape index (κ1) is 37.6. The summed E-state index contributed by atoms with van der Waals surface area (Å²) in [6, 6.07) is 0. The van der Waals surface area contributed by atoms with Crippen LogP contribution in [0.3, 0.4) is 0 Å². The SMILES string of the molecule is CCCCCCCC/C=C\CCCCCCCCN1CC(CCCN(CC)CC)CN(CCCN(CC)CC)N1. The topological polar surface area (TPSA) is 25.0 Å². The first-order chi connectivity index (χ1) is 19.7. The molecular weight excluding hydrogens is 490 g/mol. The standard InChI is InChI=1S/C35H73N5/c1-6-11-12-13-14-15-16-17-18-19-20-21-22-23-24-25-31-39-33-35(28-26-29-37(7-2)8-3)34-40(36-39)32-27-30-38(9-4)10-5/h17-18,35-36H,6-16,19-34H2,1-5H3/b18-17-. The Kier molecular flexibility index (Phi) is 25.7. The van der Waals surface area contributed by atoms with E-state index in [0.29, 0.717) is 0 Å². The molecule has 0 radical (unpaired) electrons. The van der Waals surface area contributed by atoms with Crippen molar-refractivity contribution >= 4 is 0 Å². The summed E-state index contributed by atoms with van der Waals surface area (Å²) in [4.78, 5) is 5.13. The second-order valence-corrected chi connectivity index (χ2v) is 12.3. The quantitative estimate of drug-likeness (QED) is 0.0760. The lowest BCUT2D eigenvalue weighted by Gasteiger charge is -2.41. The normalized spacial score (nSPS) is 17.2. The molecule has 1 saturated heterocycles. The molecule has 0 spiro atoms. The van der Waals surface area contributed by atoms with Crippen LogP contribution in [0.25, 0.3) is 0 Å². The molecule has 0 bridgehead atoms. The Labute approximate surface area is 252 Å². The zero-order valence-electron chi connectivity index (χ0n) is 28.1. The second-order valence-electron chi connectivity index (χ2n) is 12.3. The molecule has 1 atom stereocenters. The fourth-order valence-corrected chi connectivity index (χ4v) is 6.15. The second kappa shape index (κ2) is 27.4. The van der Waals surface area contributed by atoms with E-state index in [4.69, 9.17) is 0 Å². The fourth-order valence-electron chi connectivity index (χ4n) is 6.15. The van der Waals surface area contributed by atoms with Crippen LogP contribution in [0, 0.1) is 5.92 Å². The van der Waals surface area contributed by atoms with Crippen LogP contribution >= 0.6 is 0 Å². The molecule has 1 unspecified atom stereocenters. The highest BCUT2D eigenvalue weighted by molar-refractivity contribution is 4.81. The average molecular weight is 564 g/mol. The molecule has 40 heavy (non-hydrogen) atoms. The minimum Gasteiger partial charge on any atom is -0.304 e. The number of rotatable bonds is 28.